The predicted molar refractivity (Wildman–Crippen MR) is 61.4 cm³/mol. The van der Waals surface area contributed by atoms with E-state index in [-0.39, 0.29) is 5.76 Å². The molecule has 2 heterocycles. The minimum Gasteiger partial charge on any atom is -0.449 e. The summed E-state index contributed by atoms with van der Waals surface area (Å²) in [7, 11) is 0. The second kappa shape index (κ2) is 4.12. The van der Waals surface area contributed by atoms with E-state index in [0.717, 1.165) is 24.6 Å². The number of nitrogens with zero attached hydrogens (tertiary/aromatic N) is 1. The van der Waals surface area contributed by atoms with Crippen molar-refractivity contribution < 1.29 is 17.6 Å². The standard InChI is InChI=1S/C12H10F3NOS/c13-12(14,15)10-5-4-9(17-10)11-16-8(6-18-11)7-2-1-3-7/h4-7H,1-3H2. The van der Waals surface area contributed by atoms with Gasteiger partial charge in [-0.15, -0.1) is 11.3 Å². The number of rotatable bonds is 2. The first-order valence-electron chi connectivity index (χ1n) is 5.67. The van der Waals surface area contributed by atoms with E-state index in [1.165, 1.54) is 23.8 Å². The molecular formula is C12H10F3NOS. The third-order valence-corrected chi connectivity index (χ3v) is 4.02. The lowest BCUT2D eigenvalue weighted by Crippen LogP contribution is -2.08. The van der Waals surface area contributed by atoms with Gasteiger partial charge in [-0.1, -0.05) is 6.42 Å². The maximum Gasteiger partial charge on any atom is 0.449 e. The molecule has 1 aliphatic carbocycles. The van der Waals surface area contributed by atoms with Crippen molar-refractivity contribution in [2.75, 3.05) is 0 Å². The van der Waals surface area contributed by atoms with Crippen molar-refractivity contribution in [2.24, 2.45) is 0 Å². The molecule has 0 N–H and O–H groups in total. The van der Waals surface area contributed by atoms with E-state index >= 15 is 0 Å². The van der Waals surface area contributed by atoms with Crippen molar-refractivity contribution in [3.8, 4) is 10.8 Å². The number of halogens is 3. The van der Waals surface area contributed by atoms with Gasteiger partial charge in [-0.3, -0.25) is 0 Å². The zero-order valence-corrected chi connectivity index (χ0v) is 10.1. The maximum absolute atomic E-state index is 12.4. The van der Waals surface area contributed by atoms with E-state index in [4.69, 9.17) is 4.42 Å². The van der Waals surface area contributed by atoms with Gasteiger partial charge in [-0.05, 0) is 25.0 Å². The van der Waals surface area contributed by atoms with E-state index in [1.807, 2.05) is 5.38 Å². The van der Waals surface area contributed by atoms with Crippen LogP contribution in [-0.4, -0.2) is 4.98 Å². The van der Waals surface area contributed by atoms with Crippen LogP contribution in [-0.2, 0) is 6.18 Å². The van der Waals surface area contributed by atoms with E-state index < -0.39 is 11.9 Å². The first-order chi connectivity index (χ1) is 8.54. The summed E-state index contributed by atoms with van der Waals surface area (Å²) in [5.41, 5.74) is 0.978. The zero-order valence-electron chi connectivity index (χ0n) is 9.33. The van der Waals surface area contributed by atoms with Crippen molar-refractivity contribution in [3.05, 3.63) is 29.0 Å². The monoisotopic (exact) mass is 273 g/mol. The first-order valence-corrected chi connectivity index (χ1v) is 6.55. The van der Waals surface area contributed by atoms with Gasteiger partial charge in [-0.2, -0.15) is 13.2 Å². The van der Waals surface area contributed by atoms with Gasteiger partial charge in [0.1, 0.15) is 0 Å². The van der Waals surface area contributed by atoms with E-state index in [9.17, 15) is 13.2 Å². The average Bonchev–Trinajstić information content (AvgIpc) is 2.78. The molecule has 1 fully saturated rings. The third-order valence-electron chi connectivity index (χ3n) is 3.14. The summed E-state index contributed by atoms with van der Waals surface area (Å²) in [5, 5.41) is 2.43. The molecular weight excluding hydrogens is 263 g/mol. The van der Waals surface area contributed by atoms with Crippen LogP contribution in [0, 0.1) is 0 Å². The summed E-state index contributed by atoms with van der Waals surface area (Å²) >= 11 is 1.33. The lowest BCUT2D eigenvalue weighted by Gasteiger charge is -2.22. The van der Waals surface area contributed by atoms with Crippen molar-refractivity contribution in [3.63, 3.8) is 0 Å². The van der Waals surface area contributed by atoms with Crippen LogP contribution in [0.3, 0.4) is 0 Å². The largest absolute Gasteiger partial charge is 0.449 e. The van der Waals surface area contributed by atoms with Crippen molar-refractivity contribution in [1.82, 2.24) is 4.98 Å². The summed E-state index contributed by atoms with van der Waals surface area (Å²) in [5.74, 6) is -0.303. The Hall–Kier alpha value is -1.30. The Kier molecular flexibility index (Phi) is 2.69. The quantitative estimate of drug-likeness (QED) is 0.793. The van der Waals surface area contributed by atoms with Gasteiger partial charge >= 0.3 is 6.18 Å². The molecule has 0 aromatic carbocycles. The van der Waals surface area contributed by atoms with Crippen LogP contribution in [0.4, 0.5) is 13.2 Å². The maximum atomic E-state index is 12.4. The van der Waals surface area contributed by atoms with Gasteiger partial charge < -0.3 is 4.42 Å². The molecule has 2 nitrogen and oxygen atoms in total. The Bertz CT molecular complexity index is 554. The minimum atomic E-state index is -4.44. The second-order valence-electron chi connectivity index (χ2n) is 4.37. The lowest BCUT2D eigenvalue weighted by atomic mass is 9.83. The summed E-state index contributed by atoms with van der Waals surface area (Å²) < 4.78 is 42.0. The van der Waals surface area contributed by atoms with E-state index in [2.05, 4.69) is 4.98 Å². The smallest absolute Gasteiger partial charge is 0.449 e. The molecule has 6 heteroatoms. The molecule has 3 rings (SSSR count). The fourth-order valence-electron chi connectivity index (χ4n) is 1.90. The number of thiazole rings is 1. The minimum absolute atomic E-state index is 0.192. The molecule has 1 saturated carbocycles. The zero-order chi connectivity index (χ0) is 12.8. The highest BCUT2D eigenvalue weighted by Crippen LogP contribution is 2.39. The number of furan rings is 1. The molecule has 0 atom stereocenters. The highest BCUT2D eigenvalue weighted by molar-refractivity contribution is 7.13. The highest BCUT2D eigenvalue weighted by atomic mass is 32.1. The van der Waals surface area contributed by atoms with Crippen LogP contribution < -0.4 is 0 Å². The molecule has 0 saturated heterocycles. The fraction of sp³-hybridized carbons (Fsp3) is 0.417. The van der Waals surface area contributed by atoms with Crippen LogP contribution >= 0.6 is 11.3 Å². The van der Waals surface area contributed by atoms with Crippen LogP contribution in [0.5, 0.6) is 0 Å². The van der Waals surface area contributed by atoms with Gasteiger partial charge in [0.25, 0.3) is 0 Å². The van der Waals surface area contributed by atoms with Crippen LogP contribution in [0.15, 0.2) is 21.9 Å². The molecule has 0 unspecified atom stereocenters. The van der Waals surface area contributed by atoms with E-state index in [0.29, 0.717) is 10.9 Å². The number of alkyl halides is 3. The summed E-state index contributed by atoms with van der Waals surface area (Å²) in [6.45, 7) is 0. The SMILES string of the molecule is FC(F)(F)c1ccc(-c2nc(C3CCC3)cs2)o1. The molecule has 18 heavy (non-hydrogen) atoms. The van der Waals surface area contributed by atoms with E-state index in [1.54, 1.807) is 0 Å². The Morgan fingerprint density at radius 2 is 2.06 bits per heavy atom. The average molecular weight is 273 g/mol. The van der Waals surface area contributed by atoms with Gasteiger partial charge in [0.15, 0.2) is 10.8 Å². The summed E-state index contributed by atoms with van der Waals surface area (Å²) in [6.07, 6.45) is -0.993. The molecule has 2 aromatic heterocycles. The molecule has 96 valence electrons. The number of aromatic nitrogens is 1. The van der Waals surface area contributed by atoms with Crippen LogP contribution in [0.2, 0.25) is 0 Å². The summed E-state index contributed by atoms with van der Waals surface area (Å²) in [4.78, 5) is 4.36. The van der Waals surface area contributed by atoms with Crippen molar-refractivity contribution in [2.45, 2.75) is 31.4 Å². The normalized spacial score (nSPS) is 16.8. The Morgan fingerprint density at radius 3 is 2.61 bits per heavy atom. The second-order valence-corrected chi connectivity index (χ2v) is 5.23. The van der Waals surface area contributed by atoms with Gasteiger partial charge in [0.2, 0.25) is 5.76 Å². The number of hydrogen-bond acceptors (Lipinski definition) is 3. The number of hydrogen-bond donors (Lipinski definition) is 0. The van der Waals surface area contributed by atoms with Gasteiger partial charge in [-0.25, -0.2) is 4.98 Å². The predicted octanol–water partition coefficient (Wildman–Crippen LogP) is 4.69. The molecule has 0 aliphatic heterocycles. The van der Waals surface area contributed by atoms with Crippen molar-refractivity contribution >= 4 is 11.3 Å². The van der Waals surface area contributed by atoms with Crippen LogP contribution in [0.25, 0.3) is 10.8 Å². The first kappa shape index (κ1) is 11.8. The molecule has 0 amide bonds. The topological polar surface area (TPSA) is 26.0 Å². The molecule has 1 aliphatic rings. The lowest BCUT2D eigenvalue weighted by molar-refractivity contribution is -0.152. The van der Waals surface area contributed by atoms with Gasteiger partial charge in [0.05, 0.1) is 5.69 Å². The Morgan fingerprint density at radius 1 is 1.28 bits per heavy atom. The molecule has 2 aromatic rings. The van der Waals surface area contributed by atoms with Crippen molar-refractivity contribution in [1.29, 1.82) is 0 Å². The highest BCUT2D eigenvalue weighted by Gasteiger charge is 2.35. The van der Waals surface area contributed by atoms with Gasteiger partial charge in [0, 0.05) is 11.3 Å². The van der Waals surface area contributed by atoms with Crippen LogP contribution in [0.1, 0.15) is 36.6 Å². The molecule has 0 radical (unpaired) electrons. The Balaban J connectivity index is 1.85. The fourth-order valence-corrected chi connectivity index (χ4v) is 2.76. The molecule has 0 spiro atoms. The summed E-state index contributed by atoms with van der Waals surface area (Å²) in [6, 6.07) is 2.27. The molecule has 0 bridgehead atoms. The Labute approximate surface area is 105 Å². The third kappa shape index (κ3) is 2.05.